The number of benzene rings is 1. The number of nitrogens with two attached hydrogens (primary N) is 1. The third-order valence-corrected chi connectivity index (χ3v) is 4.09. The van der Waals surface area contributed by atoms with E-state index in [0.29, 0.717) is 11.4 Å². The van der Waals surface area contributed by atoms with Gasteiger partial charge < -0.3 is 21.1 Å². The number of carbonyl (C=O) groups excluding carboxylic acids is 2. The molecular formula is C17H26N6O5. The Morgan fingerprint density at radius 1 is 1.32 bits per heavy atom. The van der Waals surface area contributed by atoms with Crippen molar-refractivity contribution in [2.24, 2.45) is 5.73 Å². The molecule has 0 saturated carbocycles. The van der Waals surface area contributed by atoms with Crippen LogP contribution in [0, 0.1) is 15.5 Å². The zero-order chi connectivity index (χ0) is 21.1. The molecule has 1 amide bonds. The van der Waals surface area contributed by atoms with Crippen molar-refractivity contribution < 1.29 is 19.4 Å². The first kappa shape index (κ1) is 22.8. The van der Waals surface area contributed by atoms with Crippen LogP contribution in [0.25, 0.3) is 0 Å². The normalized spacial score (nSPS) is 12.5. The average molecular weight is 394 g/mol. The Bertz CT molecular complexity index is 670. The summed E-state index contributed by atoms with van der Waals surface area (Å²) in [6.45, 7) is -0.175. The average Bonchev–Trinajstić information content (AvgIpc) is 2.67. The molecule has 11 nitrogen and oxygen atoms in total. The van der Waals surface area contributed by atoms with Gasteiger partial charge in [0.05, 0.1) is 19.7 Å². The second kappa shape index (κ2) is 11.5. The summed E-state index contributed by atoms with van der Waals surface area (Å²) in [5.41, 5.74) is 6.10. The van der Waals surface area contributed by atoms with E-state index in [4.69, 9.17) is 15.9 Å². The van der Waals surface area contributed by atoms with Crippen molar-refractivity contribution in [2.75, 3.05) is 20.7 Å². The number of ether oxygens (including phenoxy) is 1. The molecule has 0 radical (unpaired) electrons. The van der Waals surface area contributed by atoms with E-state index in [1.807, 2.05) is 30.3 Å². The fourth-order valence-corrected chi connectivity index (χ4v) is 2.57. The summed E-state index contributed by atoms with van der Waals surface area (Å²) in [7, 11) is 2.84. The zero-order valence-corrected chi connectivity index (χ0v) is 15.9. The summed E-state index contributed by atoms with van der Waals surface area (Å²) in [5, 5.41) is 23.2. The van der Waals surface area contributed by atoms with E-state index in [9.17, 15) is 19.7 Å². The molecular weight excluding hydrogens is 368 g/mol. The molecule has 11 heteroatoms. The summed E-state index contributed by atoms with van der Waals surface area (Å²) in [4.78, 5) is 35.4. The smallest absolute Gasteiger partial charge is 0.328 e. The van der Waals surface area contributed by atoms with Gasteiger partial charge >= 0.3 is 5.97 Å². The molecule has 1 aromatic carbocycles. The Balaban J connectivity index is 2.70. The maximum Gasteiger partial charge on any atom is 0.328 e. The van der Waals surface area contributed by atoms with Crippen LogP contribution in [-0.4, -0.2) is 60.7 Å². The topological polar surface area (TPSA) is 164 Å². The predicted octanol–water partition coefficient (Wildman–Crippen LogP) is -0.358. The molecule has 154 valence electrons. The summed E-state index contributed by atoms with van der Waals surface area (Å²) in [6.07, 6.45) is 0.665. The van der Waals surface area contributed by atoms with Gasteiger partial charge in [0, 0.05) is 0 Å². The minimum Gasteiger partial charge on any atom is -0.467 e. The van der Waals surface area contributed by atoms with Gasteiger partial charge in [0.2, 0.25) is 5.91 Å². The van der Waals surface area contributed by atoms with E-state index in [1.165, 1.54) is 7.11 Å². The molecule has 0 aliphatic heterocycles. The lowest BCUT2D eigenvalue weighted by molar-refractivity contribution is -0.629. The van der Waals surface area contributed by atoms with Gasteiger partial charge in [0.1, 0.15) is 6.04 Å². The van der Waals surface area contributed by atoms with Gasteiger partial charge in [-0.2, -0.15) is 0 Å². The Morgan fingerprint density at radius 3 is 2.46 bits per heavy atom. The summed E-state index contributed by atoms with van der Waals surface area (Å²) in [5.74, 6) is -1.75. The molecule has 0 unspecified atom stereocenters. The zero-order valence-electron chi connectivity index (χ0n) is 15.9. The van der Waals surface area contributed by atoms with Crippen molar-refractivity contribution in [3.63, 3.8) is 0 Å². The number of likely N-dealkylation sites (N-methyl/N-ethyl adjacent to an activating group) is 1. The lowest BCUT2D eigenvalue weighted by atomic mass is 10.0. The van der Waals surface area contributed by atoms with E-state index >= 15 is 0 Å². The van der Waals surface area contributed by atoms with Gasteiger partial charge in [-0.25, -0.2) is 14.9 Å². The van der Waals surface area contributed by atoms with E-state index in [-0.39, 0.29) is 25.3 Å². The second-order valence-electron chi connectivity index (χ2n) is 6.00. The van der Waals surface area contributed by atoms with Gasteiger partial charge in [-0.05, 0) is 31.9 Å². The quantitative estimate of drug-likeness (QED) is 0.130. The number of nitro groups is 1. The minimum atomic E-state index is -0.968. The summed E-state index contributed by atoms with van der Waals surface area (Å²) in [6, 6.07) is 7.86. The van der Waals surface area contributed by atoms with Crippen molar-refractivity contribution in [3.05, 3.63) is 46.0 Å². The molecule has 1 aromatic rings. The highest BCUT2D eigenvalue weighted by atomic mass is 16.7. The van der Waals surface area contributed by atoms with E-state index in [0.717, 1.165) is 5.56 Å². The van der Waals surface area contributed by atoms with Gasteiger partial charge in [-0.3, -0.25) is 10.2 Å². The van der Waals surface area contributed by atoms with Crippen LogP contribution < -0.4 is 16.4 Å². The second-order valence-corrected chi connectivity index (χ2v) is 6.00. The molecule has 0 fully saturated rings. The third kappa shape index (κ3) is 7.19. The van der Waals surface area contributed by atoms with Crippen LogP contribution in [0.5, 0.6) is 0 Å². The Labute approximate surface area is 162 Å². The molecule has 0 heterocycles. The lowest BCUT2D eigenvalue weighted by Crippen LogP contribution is -2.50. The minimum absolute atomic E-state index is 0.0950. The highest BCUT2D eigenvalue weighted by molar-refractivity contribution is 5.87. The van der Waals surface area contributed by atoms with Crippen molar-refractivity contribution in [3.8, 4) is 0 Å². The first-order valence-corrected chi connectivity index (χ1v) is 8.65. The van der Waals surface area contributed by atoms with Gasteiger partial charge in [0.15, 0.2) is 5.03 Å². The number of esters is 1. The number of nitrogens with zero attached hydrogens (tertiary/aromatic N) is 2. The number of carbonyl (C=O) groups is 2. The SMILES string of the molecule is CN[C@@H](Cc1ccccc1)C(=O)N[C@@H](CCCN(C(=N)N)[N+](=O)[O-])C(=O)OC. The van der Waals surface area contributed by atoms with Crippen LogP contribution in [-0.2, 0) is 20.7 Å². The molecule has 0 saturated heterocycles. The number of methoxy groups -OCH3 is 1. The molecule has 0 spiro atoms. The van der Waals surface area contributed by atoms with Crippen LogP contribution in [0.2, 0.25) is 0 Å². The van der Waals surface area contributed by atoms with Crippen molar-refractivity contribution in [1.82, 2.24) is 15.6 Å². The maximum absolute atomic E-state index is 12.6. The number of hydrazine groups is 1. The number of rotatable bonds is 11. The van der Waals surface area contributed by atoms with Crippen molar-refractivity contribution in [2.45, 2.75) is 31.3 Å². The molecule has 0 bridgehead atoms. The van der Waals surface area contributed by atoms with E-state index in [1.54, 1.807) is 7.05 Å². The van der Waals surface area contributed by atoms with Crippen LogP contribution >= 0.6 is 0 Å². The van der Waals surface area contributed by atoms with Crippen LogP contribution in [0.15, 0.2) is 30.3 Å². The summed E-state index contributed by atoms with van der Waals surface area (Å²) < 4.78 is 4.71. The predicted molar refractivity (Wildman–Crippen MR) is 102 cm³/mol. The third-order valence-electron chi connectivity index (χ3n) is 4.09. The van der Waals surface area contributed by atoms with Crippen LogP contribution in [0.3, 0.4) is 0 Å². The van der Waals surface area contributed by atoms with Crippen LogP contribution in [0.4, 0.5) is 0 Å². The largest absolute Gasteiger partial charge is 0.467 e. The Morgan fingerprint density at radius 2 is 1.96 bits per heavy atom. The first-order valence-electron chi connectivity index (χ1n) is 8.65. The molecule has 0 aliphatic rings. The molecule has 0 aliphatic carbocycles. The number of hydrogen-bond donors (Lipinski definition) is 4. The van der Waals surface area contributed by atoms with Gasteiger partial charge in [-0.1, -0.05) is 35.3 Å². The van der Waals surface area contributed by atoms with E-state index < -0.39 is 29.0 Å². The fourth-order valence-electron chi connectivity index (χ4n) is 2.57. The van der Waals surface area contributed by atoms with Gasteiger partial charge in [-0.15, -0.1) is 0 Å². The van der Waals surface area contributed by atoms with E-state index in [2.05, 4.69) is 10.6 Å². The van der Waals surface area contributed by atoms with Crippen molar-refractivity contribution in [1.29, 1.82) is 5.41 Å². The van der Waals surface area contributed by atoms with Crippen molar-refractivity contribution >= 4 is 17.8 Å². The number of amides is 1. The highest BCUT2D eigenvalue weighted by Gasteiger charge is 2.26. The molecule has 28 heavy (non-hydrogen) atoms. The summed E-state index contributed by atoms with van der Waals surface area (Å²) >= 11 is 0. The monoisotopic (exact) mass is 394 g/mol. The number of hydrogen-bond acceptors (Lipinski definition) is 7. The number of nitrogens with one attached hydrogen (secondary N) is 3. The fraction of sp³-hybridized carbons (Fsp3) is 0.471. The lowest BCUT2D eigenvalue weighted by Gasteiger charge is -2.21. The maximum atomic E-state index is 12.6. The molecule has 0 aromatic heterocycles. The standard InChI is InChI=1S/C17H26N6O5/c1-20-14(11-12-7-4-3-5-8-12)15(24)21-13(16(25)28-2)9-6-10-22(17(18)19)23(26)27/h3-5,7-8,13-14,20H,6,9-11H2,1-2H3,(H3,18,19)(H,21,24)/t13-,14-/m0/s1. The van der Waals surface area contributed by atoms with Gasteiger partial charge in [0.25, 0.3) is 5.96 Å². The molecule has 5 N–H and O–H groups in total. The highest BCUT2D eigenvalue weighted by Crippen LogP contribution is 2.06. The number of guanidine groups is 1. The Kier molecular flexibility index (Phi) is 9.37. The molecule has 2 atom stereocenters. The van der Waals surface area contributed by atoms with Crippen LogP contribution in [0.1, 0.15) is 18.4 Å². The first-order chi connectivity index (χ1) is 13.3. The molecule has 1 rings (SSSR count). The Hall–Kier alpha value is -3.21.